The van der Waals surface area contributed by atoms with E-state index in [4.69, 9.17) is 0 Å². The highest BCUT2D eigenvalue weighted by Gasteiger charge is 2.19. The number of hydrogen-bond donors (Lipinski definition) is 1. The minimum absolute atomic E-state index is 0.00736. The lowest BCUT2D eigenvalue weighted by atomic mass is 10.1. The van der Waals surface area contributed by atoms with Crippen LogP contribution >= 0.6 is 0 Å². The van der Waals surface area contributed by atoms with Crippen molar-refractivity contribution in [1.29, 1.82) is 0 Å². The molecular formula is C13H14N4O3. The van der Waals surface area contributed by atoms with Crippen LogP contribution < -0.4 is 4.90 Å². The first-order valence-electron chi connectivity index (χ1n) is 6.48. The maximum Gasteiger partial charge on any atom is 0.271 e. The van der Waals surface area contributed by atoms with Crippen molar-refractivity contribution in [2.24, 2.45) is 0 Å². The second-order valence-corrected chi connectivity index (χ2v) is 4.90. The van der Waals surface area contributed by atoms with Crippen molar-refractivity contribution >= 4 is 22.5 Å². The summed E-state index contributed by atoms with van der Waals surface area (Å²) in [6.07, 6.45) is 2.99. The maximum atomic E-state index is 10.7. The molecule has 0 saturated carbocycles. The highest BCUT2D eigenvalue weighted by molar-refractivity contribution is 5.78. The number of rotatable bonds is 2. The van der Waals surface area contributed by atoms with Crippen molar-refractivity contribution in [3.8, 4) is 0 Å². The lowest BCUT2D eigenvalue weighted by Gasteiger charge is -2.30. The van der Waals surface area contributed by atoms with Gasteiger partial charge in [-0.05, 0) is 18.9 Å². The fourth-order valence-corrected chi connectivity index (χ4v) is 2.42. The predicted molar refractivity (Wildman–Crippen MR) is 73.6 cm³/mol. The molecule has 0 spiro atoms. The number of nitrogens with zero attached hydrogens (tertiary/aromatic N) is 4. The molecule has 2 heterocycles. The molecule has 104 valence electrons. The van der Waals surface area contributed by atoms with Gasteiger partial charge in [0.05, 0.1) is 28.3 Å². The average molecular weight is 274 g/mol. The molecule has 20 heavy (non-hydrogen) atoms. The van der Waals surface area contributed by atoms with Crippen LogP contribution in [0.3, 0.4) is 0 Å². The van der Waals surface area contributed by atoms with Crippen LogP contribution in [-0.2, 0) is 0 Å². The van der Waals surface area contributed by atoms with E-state index >= 15 is 0 Å². The molecule has 1 aliphatic rings. The smallest absolute Gasteiger partial charge is 0.271 e. The third kappa shape index (κ3) is 2.39. The highest BCUT2D eigenvalue weighted by Crippen LogP contribution is 2.22. The Morgan fingerprint density at radius 1 is 1.40 bits per heavy atom. The lowest BCUT2D eigenvalue weighted by molar-refractivity contribution is -0.384. The summed E-state index contributed by atoms with van der Waals surface area (Å²) in [5.74, 6) is 0.699. The van der Waals surface area contributed by atoms with Gasteiger partial charge in [0.25, 0.3) is 5.69 Å². The van der Waals surface area contributed by atoms with E-state index in [1.807, 2.05) is 4.90 Å². The Morgan fingerprint density at radius 2 is 2.25 bits per heavy atom. The first-order valence-corrected chi connectivity index (χ1v) is 6.48. The maximum absolute atomic E-state index is 10.7. The predicted octanol–water partition coefficient (Wildman–Crippen LogP) is 1.50. The summed E-state index contributed by atoms with van der Waals surface area (Å²) in [7, 11) is 0. The number of β-amino-alcohol motifs (C(OH)–C–C–N with tert-alkyl or cyclic N) is 1. The number of aliphatic hydroxyl groups excluding tert-OH is 1. The quantitative estimate of drug-likeness (QED) is 0.659. The number of aliphatic hydroxyl groups is 1. The molecule has 1 saturated heterocycles. The summed E-state index contributed by atoms with van der Waals surface area (Å²) in [6, 6.07) is 4.44. The lowest BCUT2D eigenvalue weighted by Crippen LogP contribution is -2.38. The first kappa shape index (κ1) is 12.7. The van der Waals surface area contributed by atoms with E-state index in [1.165, 1.54) is 12.1 Å². The molecule has 1 N–H and O–H groups in total. The van der Waals surface area contributed by atoms with Gasteiger partial charge in [0.15, 0.2) is 0 Å². The molecule has 0 amide bonds. The minimum Gasteiger partial charge on any atom is -0.391 e. The van der Waals surface area contributed by atoms with Crippen LogP contribution in [0.1, 0.15) is 12.8 Å². The zero-order valence-corrected chi connectivity index (χ0v) is 10.8. The normalized spacial score (nSPS) is 19.2. The Balaban J connectivity index is 1.94. The number of piperidine rings is 1. The molecule has 1 atom stereocenters. The van der Waals surface area contributed by atoms with Gasteiger partial charge in [0, 0.05) is 25.2 Å². The monoisotopic (exact) mass is 274 g/mol. The number of non-ortho nitro benzene ring substituents is 1. The molecule has 0 aliphatic carbocycles. The second-order valence-electron chi connectivity index (χ2n) is 4.90. The molecule has 0 bridgehead atoms. The van der Waals surface area contributed by atoms with Crippen LogP contribution in [0.25, 0.3) is 11.0 Å². The van der Waals surface area contributed by atoms with E-state index in [1.54, 1.807) is 12.3 Å². The number of hydrogen-bond acceptors (Lipinski definition) is 6. The van der Waals surface area contributed by atoms with Gasteiger partial charge in [-0.1, -0.05) is 0 Å². The van der Waals surface area contributed by atoms with Gasteiger partial charge in [-0.15, -0.1) is 0 Å². The summed E-state index contributed by atoms with van der Waals surface area (Å²) in [6.45, 7) is 1.39. The van der Waals surface area contributed by atoms with Crippen LogP contribution in [0.5, 0.6) is 0 Å². The van der Waals surface area contributed by atoms with Gasteiger partial charge >= 0.3 is 0 Å². The number of fused-ring (bicyclic) bond motifs is 1. The molecule has 1 aromatic carbocycles. The van der Waals surface area contributed by atoms with Crippen LogP contribution in [0, 0.1) is 10.1 Å². The van der Waals surface area contributed by atoms with Crippen molar-refractivity contribution in [3.05, 3.63) is 34.5 Å². The van der Waals surface area contributed by atoms with Crippen LogP contribution in [0.4, 0.5) is 11.5 Å². The molecule has 1 fully saturated rings. The standard InChI is InChI=1S/C13H14N4O3/c18-10-2-1-5-16(8-10)13-7-14-12-6-9(17(19)20)3-4-11(12)15-13/h3-4,6-7,10,18H,1-2,5,8H2/t10-/m0/s1. The largest absolute Gasteiger partial charge is 0.391 e. The van der Waals surface area contributed by atoms with E-state index in [0.717, 1.165) is 19.4 Å². The van der Waals surface area contributed by atoms with Gasteiger partial charge in [-0.3, -0.25) is 15.1 Å². The Hall–Kier alpha value is -2.28. The highest BCUT2D eigenvalue weighted by atomic mass is 16.6. The van der Waals surface area contributed by atoms with E-state index in [0.29, 0.717) is 23.4 Å². The second kappa shape index (κ2) is 5.01. The van der Waals surface area contributed by atoms with Crippen molar-refractivity contribution in [1.82, 2.24) is 9.97 Å². The number of benzene rings is 1. The fraction of sp³-hybridized carbons (Fsp3) is 0.385. The van der Waals surface area contributed by atoms with Crippen molar-refractivity contribution in [2.75, 3.05) is 18.0 Å². The van der Waals surface area contributed by atoms with Crippen LogP contribution in [0.15, 0.2) is 24.4 Å². The first-order chi connectivity index (χ1) is 9.63. The molecule has 2 aromatic rings. The minimum atomic E-state index is -0.448. The molecule has 1 aromatic heterocycles. The molecule has 3 rings (SSSR count). The number of anilines is 1. The van der Waals surface area contributed by atoms with Gasteiger partial charge in [0.1, 0.15) is 5.82 Å². The van der Waals surface area contributed by atoms with Crippen molar-refractivity contribution in [3.63, 3.8) is 0 Å². The molecule has 7 heteroatoms. The third-order valence-electron chi connectivity index (χ3n) is 3.44. The molecule has 0 unspecified atom stereocenters. The summed E-state index contributed by atoms with van der Waals surface area (Å²) < 4.78 is 0. The number of nitro groups is 1. The third-order valence-corrected chi connectivity index (χ3v) is 3.44. The summed E-state index contributed by atoms with van der Waals surface area (Å²) in [5, 5.41) is 20.4. The van der Waals surface area contributed by atoms with Crippen LogP contribution in [-0.4, -0.2) is 39.2 Å². The Bertz CT molecular complexity index is 661. The van der Waals surface area contributed by atoms with Gasteiger partial charge in [-0.25, -0.2) is 4.98 Å². The van der Waals surface area contributed by atoms with E-state index < -0.39 is 4.92 Å². The Kier molecular flexibility index (Phi) is 3.19. The Labute approximate surface area is 115 Å². The fourth-order valence-electron chi connectivity index (χ4n) is 2.42. The van der Waals surface area contributed by atoms with Crippen molar-refractivity contribution in [2.45, 2.75) is 18.9 Å². The summed E-state index contributed by atoms with van der Waals surface area (Å²) in [5.41, 5.74) is 1.13. The summed E-state index contributed by atoms with van der Waals surface area (Å²) >= 11 is 0. The molecule has 7 nitrogen and oxygen atoms in total. The summed E-state index contributed by atoms with van der Waals surface area (Å²) in [4.78, 5) is 21.0. The molecule has 0 radical (unpaired) electrons. The zero-order valence-electron chi connectivity index (χ0n) is 10.8. The zero-order chi connectivity index (χ0) is 14.1. The van der Waals surface area contributed by atoms with Crippen molar-refractivity contribution < 1.29 is 10.0 Å². The molecular weight excluding hydrogens is 260 g/mol. The van der Waals surface area contributed by atoms with E-state index in [9.17, 15) is 15.2 Å². The van der Waals surface area contributed by atoms with Crippen LogP contribution in [0.2, 0.25) is 0 Å². The number of aromatic nitrogens is 2. The van der Waals surface area contributed by atoms with E-state index in [-0.39, 0.29) is 11.8 Å². The molecule has 1 aliphatic heterocycles. The topological polar surface area (TPSA) is 92.4 Å². The Morgan fingerprint density at radius 3 is 3.00 bits per heavy atom. The van der Waals surface area contributed by atoms with Gasteiger partial charge in [0.2, 0.25) is 0 Å². The van der Waals surface area contributed by atoms with Gasteiger partial charge in [-0.2, -0.15) is 0 Å². The number of nitro benzene ring substituents is 1. The average Bonchev–Trinajstić information content (AvgIpc) is 2.46. The van der Waals surface area contributed by atoms with Gasteiger partial charge < -0.3 is 10.0 Å². The van der Waals surface area contributed by atoms with E-state index in [2.05, 4.69) is 9.97 Å². The SMILES string of the molecule is O=[N+]([O-])c1ccc2nc(N3CCC[C@H](O)C3)cnc2c1.